The number of hydrogen-bond donors (Lipinski definition) is 1. The summed E-state index contributed by atoms with van der Waals surface area (Å²) in [6.07, 6.45) is 3.88. The highest BCUT2D eigenvalue weighted by Crippen LogP contribution is 2.31. The van der Waals surface area contributed by atoms with E-state index >= 15 is 0 Å². The van der Waals surface area contributed by atoms with Crippen LogP contribution in [0.3, 0.4) is 0 Å². The lowest BCUT2D eigenvalue weighted by Gasteiger charge is -2.34. The van der Waals surface area contributed by atoms with Crippen molar-refractivity contribution in [3.8, 4) is 11.5 Å². The fourth-order valence-electron chi connectivity index (χ4n) is 4.10. The Morgan fingerprint density at radius 1 is 1.21 bits per heavy atom. The molecule has 1 heterocycles. The van der Waals surface area contributed by atoms with Crippen molar-refractivity contribution in [3.63, 3.8) is 0 Å². The largest absolute Gasteiger partial charge is 0.493 e. The minimum atomic E-state index is -0.0171. The zero-order chi connectivity index (χ0) is 19.9. The van der Waals surface area contributed by atoms with E-state index in [9.17, 15) is 4.79 Å². The minimum absolute atomic E-state index is 0.0171. The molecule has 1 amide bonds. The van der Waals surface area contributed by atoms with Gasteiger partial charge in [0.05, 0.1) is 20.3 Å². The number of amides is 1. The number of carbonyl (C=O) groups is 1. The molecule has 1 saturated heterocycles. The maximum atomic E-state index is 12.3. The summed E-state index contributed by atoms with van der Waals surface area (Å²) in [6, 6.07) is 6.51. The summed E-state index contributed by atoms with van der Waals surface area (Å²) in [6.45, 7) is 7.97. The van der Waals surface area contributed by atoms with Crippen LogP contribution in [-0.2, 0) is 16.1 Å². The van der Waals surface area contributed by atoms with Gasteiger partial charge in [0.25, 0.3) is 5.91 Å². The van der Waals surface area contributed by atoms with Crippen LogP contribution in [0.5, 0.6) is 11.5 Å². The van der Waals surface area contributed by atoms with Gasteiger partial charge in [-0.3, -0.25) is 4.79 Å². The van der Waals surface area contributed by atoms with Crippen LogP contribution in [0.4, 0.5) is 0 Å². The Morgan fingerprint density at radius 3 is 2.75 bits per heavy atom. The van der Waals surface area contributed by atoms with E-state index in [1.54, 1.807) is 12.0 Å². The first-order valence-electron chi connectivity index (χ1n) is 10.5. The van der Waals surface area contributed by atoms with Crippen LogP contribution >= 0.6 is 0 Å². The monoisotopic (exact) mass is 390 g/mol. The van der Waals surface area contributed by atoms with E-state index < -0.39 is 0 Å². The summed E-state index contributed by atoms with van der Waals surface area (Å²) >= 11 is 0. The molecule has 3 atom stereocenters. The summed E-state index contributed by atoms with van der Waals surface area (Å²) in [7, 11) is 1.63. The van der Waals surface area contributed by atoms with Crippen LogP contribution in [0.1, 0.15) is 38.7 Å². The van der Waals surface area contributed by atoms with Crippen molar-refractivity contribution >= 4 is 5.91 Å². The molecule has 0 bridgehead atoms. The summed E-state index contributed by atoms with van der Waals surface area (Å²) in [5.74, 6) is 2.73. The third-order valence-electron chi connectivity index (χ3n) is 6.22. The van der Waals surface area contributed by atoms with Gasteiger partial charge in [-0.05, 0) is 36.0 Å². The normalized spacial score (nSPS) is 25.4. The molecule has 0 spiro atoms. The predicted molar refractivity (Wildman–Crippen MR) is 109 cm³/mol. The van der Waals surface area contributed by atoms with Gasteiger partial charge in [0, 0.05) is 25.7 Å². The van der Waals surface area contributed by atoms with Crippen LogP contribution in [0.2, 0.25) is 0 Å². The fraction of sp³-hybridized carbons (Fsp3) is 0.682. The molecular formula is C22H34N2O4. The van der Waals surface area contributed by atoms with E-state index in [1.165, 1.54) is 19.3 Å². The number of nitrogens with one attached hydrogen (secondary N) is 1. The molecule has 2 fully saturated rings. The minimum Gasteiger partial charge on any atom is -0.493 e. The Labute approximate surface area is 168 Å². The van der Waals surface area contributed by atoms with Crippen molar-refractivity contribution in [2.24, 2.45) is 11.8 Å². The zero-order valence-corrected chi connectivity index (χ0v) is 17.4. The lowest BCUT2D eigenvalue weighted by molar-refractivity contribution is -0.137. The first-order chi connectivity index (χ1) is 13.6. The third kappa shape index (κ3) is 5.39. The van der Waals surface area contributed by atoms with Crippen molar-refractivity contribution in [3.05, 3.63) is 23.8 Å². The number of nitrogens with zero attached hydrogens (tertiary/aromatic N) is 1. The van der Waals surface area contributed by atoms with Gasteiger partial charge in [0.2, 0.25) is 0 Å². The average Bonchev–Trinajstić information content (AvgIpc) is 2.74. The van der Waals surface area contributed by atoms with Crippen LogP contribution in [-0.4, -0.2) is 56.9 Å². The number of benzene rings is 1. The molecule has 28 heavy (non-hydrogen) atoms. The van der Waals surface area contributed by atoms with Gasteiger partial charge in [0.1, 0.15) is 0 Å². The van der Waals surface area contributed by atoms with Gasteiger partial charge in [-0.15, -0.1) is 0 Å². The van der Waals surface area contributed by atoms with Crippen molar-refractivity contribution in [2.45, 2.75) is 45.7 Å². The van der Waals surface area contributed by atoms with Crippen molar-refractivity contribution < 1.29 is 19.0 Å². The molecule has 1 N–H and O–H groups in total. The van der Waals surface area contributed by atoms with Crippen LogP contribution in [0, 0.1) is 11.8 Å². The van der Waals surface area contributed by atoms with E-state index in [0.717, 1.165) is 18.0 Å². The predicted octanol–water partition coefficient (Wildman–Crippen LogP) is 2.85. The van der Waals surface area contributed by atoms with Gasteiger partial charge in [0.15, 0.2) is 18.1 Å². The highest BCUT2D eigenvalue weighted by atomic mass is 16.5. The molecule has 6 heteroatoms. The van der Waals surface area contributed by atoms with E-state index in [2.05, 4.69) is 19.2 Å². The quantitative estimate of drug-likeness (QED) is 0.776. The Balaban J connectivity index is 1.53. The molecule has 1 aromatic rings. The molecule has 1 aliphatic heterocycles. The Bertz CT molecular complexity index is 645. The molecule has 3 rings (SSSR count). The highest BCUT2D eigenvalue weighted by Gasteiger charge is 2.26. The molecule has 0 aromatic heterocycles. The first-order valence-corrected chi connectivity index (χ1v) is 10.5. The molecule has 1 aliphatic carbocycles. The Kier molecular flexibility index (Phi) is 7.57. The van der Waals surface area contributed by atoms with Crippen molar-refractivity contribution in [1.82, 2.24) is 10.2 Å². The van der Waals surface area contributed by atoms with E-state index in [1.807, 2.05) is 18.2 Å². The molecular weight excluding hydrogens is 356 g/mol. The van der Waals surface area contributed by atoms with Crippen LogP contribution in [0.15, 0.2) is 18.2 Å². The number of methoxy groups -OCH3 is 1. The van der Waals surface area contributed by atoms with Crippen molar-refractivity contribution in [1.29, 1.82) is 0 Å². The Hall–Kier alpha value is -1.79. The lowest BCUT2D eigenvalue weighted by Crippen LogP contribution is -2.43. The van der Waals surface area contributed by atoms with Crippen LogP contribution < -0.4 is 14.8 Å². The lowest BCUT2D eigenvalue weighted by atomic mass is 9.78. The first kappa shape index (κ1) is 20.9. The van der Waals surface area contributed by atoms with E-state index in [-0.39, 0.29) is 12.5 Å². The third-order valence-corrected chi connectivity index (χ3v) is 6.22. The SMILES string of the molecule is COc1cc(CNC2CCCC(C)C2C)ccc1OCC(=O)N1CCOCC1. The summed E-state index contributed by atoms with van der Waals surface area (Å²) in [5.41, 5.74) is 1.16. The average molecular weight is 391 g/mol. The van der Waals surface area contributed by atoms with E-state index in [0.29, 0.717) is 49.8 Å². The fourth-order valence-corrected chi connectivity index (χ4v) is 4.10. The molecule has 3 unspecified atom stereocenters. The standard InChI is InChI=1S/C22H34N2O4/c1-16-5-4-6-19(17(16)2)23-14-18-7-8-20(21(13-18)26-3)28-15-22(25)24-9-11-27-12-10-24/h7-8,13,16-17,19,23H,4-6,9-12,14-15H2,1-3H3. The smallest absolute Gasteiger partial charge is 0.260 e. The van der Waals surface area contributed by atoms with Crippen LogP contribution in [0.25, 0.3) is 0 Å². The number of rotatable bonds is 7. The van der Waals surface area contributed by atoms with Gasteiger partial charge in [-0.25, -0.2) is 0 Å². The molecule has 0 radical (unpaired) electrons. The topological polar surface area (TPSA) is 60.0 Å². The van der Waals surface area contributed by atoms with Gasteiger partial charge < -0.3 is 24.4 Å². The van der Waals surface area contributed by atoms with Gasteiger partial charge >= 0.3 is 0 Å². The number of ether oxygens (including phenoxy) is 3. The molecule has 1 aromatic carbocycles. The summed E-state index contributed by atoms with van der Waals surface area (Å²) < 4.78 is 16.5. The number of carbonyl (C=O) groups excluding carboxylic acids is 1. The second-order valence-electron chi connectivity index (χ2n) is 8.02. The number of morpholine rings is 1. The molecule has 1 saturated carbocycles. The molecule has 2 aliphatic rings. The van der Waals surface area contributed by atoms with Gasteiger partial charge in [-0.1, -0.05) is 32.8 Å². The molecule has 6 nitrogen and oxygen atoms in total. The number of hydrogen-bond acceptors (Lipinski definition) is 5. The van der Waals surface area contributed by atoms with Gasteiger partial charge in [-0.2, -0.15) is 0 Å². The maximum absolute atomic E-state index is 12.3. The second kappa shape index (κ2) is 10.1. The molecule has 156 valence electrons. The van der Waals surface area contributed by atoms with E-state index in [4.69, 9.17) is 14.2 Å². The zero-order valence-electron chi connectivity index (χ0n) is 17.4. The summed E-state index contributed by atoms with van der Waals surface area (Å²) in [5, 5.41) is 3.71. The Morgan fingerprint density at radius 2 is 2.00 bits per heavy atom. The van der Waals surface area contributed by atoms with Crippen molar-refractivity contribution in [2.75, 3.05) is 40.0 Å². The second-order valence-corrected chi connectivity index (χ2v) is 8.02. The highest BCUT2D eigenvalue weighted by molar-refractivity contribution is 5.78. The maximum Gasteiger partial charge on any atom is 0.260 e. The summed E-state index contributed by atoms with van der Waals surface area (Å²) in [4.78, 5) is 14.0.